The van der Waals surface area contributed by atoms with Crippen LogP contribution in [0.4, 0.5) is 0 Å². The van der Waals surface area contributed by atoms with Crippen molar-refractivity contribution in [2.24, 2.45) is 0 Å². The lowest BCUT2D eigenvalue weighted by Crippen LogP contribution is -2.30. The van der Waals surface area contributed by atoms with Crippen LogP contribution in [0.2, 0.25) is 0 Å². The van der Waals surface area contributed by atoms with E-state index in [1.165, 1.54) is 96.3 Å². The van der Waals surface area contributed by atoms with Crippen LogP contribution in [-0.2, 0) is 28.6 Å². The van der Waals surface area contributed by atoms with E-state index in [9.17, 15) is 14.4 Å². The fourth-order valence-corrected chi connectivity index (χ4v) is 7.32. The summed E-state index contributed by atoms with van der Waals surface area (Å²) < 4.78 is 16.8. The molecular formula is C59H100O6. The van der Waals surface area contributed by atoms with Gasteiger partial charge in [0.25, 0.3) is 0 Å². The summed E-state index contributed by atoms with van der Waals surface area (Å²) in [5.41, 5.74) is 0. The highest BCUT2D eigenvalue weighted by Crippen LogP contribution is 2.14. The standard InChI is InChI=1S/C59H100O6/c1-4-7-10-13-16-19-22-24-26-28-29-31-32-34-37-40-43-46-49-52-58(61)64-55-56(54-63-57(60)51-48-45-42-39-36-21-18-15-12-9-6-3)65-59(62)53-50-47-44-41-38-35-33-30-27-25-23-20-17-14-11-8-5-2/h8,11,16-17,19-20,24-27,29,31,33,35,56H,4-7,9-10,12-15,18,21-23,28,30,32,34,36-55H2,1-3H3/b11-8-,19-16-,20-17-,26-24-,27-25-,31-29-,35-33-. The van der Waals surface area contributed by atoms with Crippen LogP contribution >= 0.6 is 0 Å². The normalized spacial score (nSPS) is 12.7. The average Bonchev–Trinajstić information content (AvgIpc) is 3.30. The van der Waals surface area contributed by atoms with Crippen molar-refractivity contribution < 1.29 is 28.6 Å². The number of hydrogen-bond acceptors (Lipinski definition) is 6. The molecule has 6 heteroatoms. The van der Waals surface area contributed by atoms with E-state index in [1.54, 1.807) is 0 Å². The summed E-state index contributed by atoms with van der Waals surface area (Å²) >= 11 is 0. The number of carbonyl (C=O) groups excluding carboxylic acids is 3. The molecule has 0 saturated heterocycles. The van der Waals surface area contributed by atoms with Crippen LogP contribution in [0.5, 0.6) is 0 Å². The summed E-state index contributed by atoms with van der Waals surface area (Å²) in [6, 6.07) is 0. The van der Waals surface area contributed by atoms with Crippen LogP contribution in [0.25, 0.3) is 0 Å². The van der Waals surface area contributed by atoms with E-state index < -0.39 is 6.10 Å². The molecule has 0 aliphatic carbocycles. The third kappa shape index (κ3) is 51.4. The van der Waals surface area contributed by atoms with Crippen molar-refractivity contribution in [1.82, 2.24) is 0 Å². The smallest absolute Gasteiger partial charge is 0.306 e. The van der Waals surface area contributed by atoms with Crippen LogP contribution in [-0.4, -0.2) is 37.2 Å². The molecule has 0 N–H and O–H groups in total. The van der Waals surface area contributed by atoms with E-state index in [0.29, 0.717) is 19.3 Å². The minimum absolute atomic E-state index is 0.0898. The Morgan fingerprint density at radius 3 is 0.969 bits per heavy atom. The first kappa shape index (κ1) is 61.6. The van der Waals surface area contributed by atoms with Gasteiger partial charge in [0, 0.05) is 19.3 Å². The third-order valence-electron chi connectivity index (χ3n) is 11.4. The lowest BCUT2D eigenvalue weighted by atomic mass is 10.1. The Morgan fingerprint density at radius 1 is 0.323 bits per heavy atom. The summed E-state index contributed by atoms with van der Waals surface area (Å²) in [6.45, 7) is 6.46. The zero-order chi connectivity index (χ0) is 47.2. The van der Waals surface area contributed by atoms with Gasteiger partial charge in [0.15, 0.2) is 6.10 Å². The first-order valence-electron chi connectivity index (χ1n) is 27.1. The summed E-state index contributed by atoms with van der Waals surface area (Å²) in [6.07, 6.45) is 68.5. The second kappa shape index (κ2) is 53.2. The molecule has 0 bridgehead atoms. The Kier molecular flexibility index (Phi) is 50.4. The molecule has 0 aromatic heterocycles. The molecule has 0 fully saturated rings. The van der Waals surface area contributed by atoms with E-state index >= 15 is 0 Å². The van der Waals surface area contributed by atoms with Gasteiger partial charge in [-0.05, 0) is 96.3 Å². The summed E-state index contributed by atoms with van der Waals surface area (Å²) in [5, 5.41) is 0. The van der Waals surface area contributed by atoms with E-state index in [1.807, 2.05) is 0 Å². The number of esters is 3. The molecule has 0 heterocycles. The van der Waals surface area contributed by atoms with Gasteiger partial charge in [0.1, 0.15) is 13.2 Å². The van der Waals surface area contributed by atoms with Crippen LogP contribution < -0.4 is 0 Å². The molecule has 0 aromatic rings. The van der Waals surface area contributed by atoms with Crippen LogP contribution in [0.1, 0.15) is 252 Å². The van der Waals surface area contributed by atoms with Crippen molar-refractivity contribution in [1.29, 1.82) is 0 Å². The van der Waals surface area contributed by atoms with Gasteiger partial charge in [-0.3, -0.25) is 14.4 Å². The zero-order valence-corrected chi connectivity index (χ0v) is 42.5. The van der Waals surface area contributed by atoms with E-state index in [-0.39, 0.29) is 31.1 Å². The Balaban J connectivity index is 4.42. The molecule has 0 aliphatic rings. The molecule has 0 amide bonds. The molecule has 0 aliphatic heterocycles. The van der Waals surface area contributed by atoms with E-state index in [2.05, 4.69) is 106 Å². The first-order valence-corrected chi connectivity index (χ1v) is 27.1. The molecule has 0 radical (unpaired) electrons. The molecule has 1 atom stereocenters. The number of allylic oxidation sites excluding steroid dienone is 14. The van der Waals surface area contributed by atoms with Crippen LogP contribution in [0.15, 0.2) is 85.1 Å². The monoisotopic (exact) mass is 905 g/mol. The van der Waals surface area contributed by atoms with E-state index in [4.69, 9.17) is 14.2 Å². The minimum atomic E-state index is -0.793. The molecule has 0 rings (SSSR count). The highest BCUT2D eigenvalue weighted by atomic mass is 16.6. The van der Waals surface area contributed by atoms with E-state index in [0.717, 1.165) is 116 Å². The van der Waals surface area contributed by atoms with Gasteiger partial charge in [-0.2, -0.15) is 0 Å². The summed E-state index contributed by atoms with van der Waals surface area (Å²) in [7, 11) is 0. The fraction of sp³-hybridized carbons (Fsp3) is 0.712. The first-order chi connectivity index (χ1) is 32.0. The second-order valence-corrected chi connectivity index (χ2v) is 17.8. The van der Waals surface area contributed by atoms with Gasteiger partial charge >= 0.3 is 17.9 Å². The molecule has 65 heavy (non-hydrogen) atoms. The highest BCUT2D eigenvalue weighted by molar-refractivity contribution is 5.71. The Bertz CT molecular complexity index is 1270. The van der Waals surface area contributed by atoms with Gasteiger partial charge in [0.05, 0.1) is 0 Å². The number of ether oxygens (including phenoxy) is 3. The predicted octanol–water partition coefficient (Wildman–Crippen LogP) is 18.0. The molecule has 372 valence electrons. The lowest BCUT2D eigenvalue weighted by Gasteiger charge is -2.18. The lowest BCUT2D eigenvalue weighted by molar-refractivity contribution is -0.167. The average molecular weight is 905 g/mol. The van der Waals surface area contributed by atoms with Crippen molar-refractivity contribution in [3.8, 4) is 0 Å². The van der Waals surface area contributed by atoms with Gasteiger partial charge in [0.2, 0.25) is 0 Å². The van der Waals surface area contributed by atoms with Crippen molar-refractivity contribution in [3.63, 3.8) is 0 Å². The highest BCUT2D eigenvalue weighted by Gasteiger charge is 2.19. The number of rotatable bonds is 48. The Hall–Kier alpha value is -3.41. The summed E-state index contributed by atoms with van der Waals surface area (Å²) in [4.78, 5) is 38.0. The van der Waals surface area contributed by atoms with Crippen molar-refractivity contribution in [3.05, 3.63) is 85.1 Å². The molecule has 6 nitrogen and oxygen atoms in total. The zero-order valence-electron chi connectivity index (χ0n) is 42.5. The Labute approximate surface area is 401 Å². The molecular weight excluding hydrogens is 805 g/mol. The van der Waals surface area contributed by atoms with Gasteiger partial charge < -0.3 is 14.2 Å². The maximum Gasteiger partial charge on any atom is 0.306 e. The van der Waals surface area contributed by atoms with Gasteiger partial charge in [-0.25, -0.2) is 0 Å². The predicted molar refractivity (Wildman–Crippen MR) is 279 cm³/mol. The van der Waals surface area contributed by atoms with Crippen LogP contribution in [0.3, 0.4) is 0 Å². The van der Waals surface area contributed by atoms with Gasteiger partial charge in [-0.1, -0.05) is 221 Å². The molecule has 0 aromatic carbocycles. The molecule has 0 spiro atoms. The maximum atomic E-state index is 12.8. The van der Waals surface area contributed by atoms with Gasteiger partial charge in [-0.15, -0.1) is 0 Å². The van der Waals surface area contributed by atoms with Crippen LogP contribution in [0, 0.1) is 0 Å². The molecule has 1 unspecified atom stereocenters. The fourth-order valence-electron chi connectivity index (χ4n) is 7.32. The van der Waals surface area contributed by atoms with Crippen molar-refractivity contribution in [2.45, 2.75) is 258 Å². The largest absolute Gasteiger partial charge is 0.462 e. The third-order valence-corrected chi connectivity index (χ3v) is 11.4. The number of unbranched alkanes of at least 4 members (excludes halogenated alkanes) is 23. The number of carbonyl (C=O) groups is 3. The quantitative estimate of drug-likeness (QED) is 0.0262. The molecule has 0 saturated carbocycles. The Morgan fingerprint density at radius 2 is 0.600 bits per heavy atom. The maximum absolute atomic E-state index is 12.8. The minimum Gasteiger partial charge on any atom is -0.462 e. The van der Waals surface area contributed by atoms with Crippen molar-refractivity contribution in [2.75, 3.05) is 13.2 Å². The topological polar surface area (TPSA) is 78.9 Å². The number of hydrogen-bond donors (Lipinski definition) is 0. The summed E-state index contributed by atoms with van der Waals surface area (Å²) in [5.74, 6) is -0.925. The SMILES string of the molecule is CC/C=C\C/C=C\C/C=C\C/C=C\CCCCCCC(=O)OC(COC(=O)CCCCCCCC/C=C\C/C=C\C/C=C\CCCCC)COC(=O)CCCCCCCCCCCCC. The second-order valence-electron chi connectivity index (χ2n) is 17.8. The van der Waals surface area contributed by atoms with Crippen molar-refractivity contribution >= 4 is 17.9 Å².